The highest BCUT2D eigenvalue weighted by atomic mass is 16.3. The van der Waals surface area contributed by atoms with E-state index in [1.165, 1.54) is 22.3 Å². The lowest BCUT2D eigenvalue weighted by molar-refractivity contribution is 0.0767. The molecule has 1 N–H and O–H groups in total. The Labute approximate surface area is 118 Å². The molecule has 0 bridgehead atoms. The summed E-state index contributed by atoms with van der Waals surface area (Å²) in [6, 6.07) is 14.2. The minimum atomic E-state index is -0.0437. The summed E-state index contributed by atoms with van der Waals surface area (Å²) in [7, 11) is 1.71. The van der Waals surface area contributed by atoms with Gasteiger partial charge < -0.3 is 10.0 Å². The Morgan fingerprint density at radius 1 is 1.15 bits per heavy atom. The van der Waals surface area contributed by atoms with Crippen molar-refractivity contribution in [3.8, 4) is 11.1 Å². The number of likely N-dealkylation sites (N-methyl/N-ethyl adjacent to an activating group) is 1. The molecule has 1 amide bonds. The van der Waals surface area contributed by atoms with E-state index < -0.39 is 0 Å². The van der Waals surface area contributed by atoms with Crippen LogP contribution >= 0.6 is 0 Å². The van der Waals surface area contributed by atoms with Crippen LogP contribution in [0.1, 0.15) is 21.5 Å². The smallest absolute Gasteiger partial charge is 0.253 e. The topological polar surface area (TPSA) is 40.5 Å². The van der Waals surface area contributed by atoms with Gasteiger partial charge in [-0.2, -0.15) is 0 Å². The summed E-state index contributed by atoms with van der Waals surface area (Å²) in [5, 5.41) is 8.91. The molecule has 3 rings (SSSR count). The predicted molar refractivity (Wildman–Crippen MR) is 78.7 cm³/mol. The molecule has 3 nitrogen and oxygen atoms in total. The van der Waals surface area contributed by atoms with E-state index in [0.717, 1.165) is 6.42 Å². The Balaban J connectivity index is 1.93. The fraction of sp³-hybridized carbons (Fsp3) is 0.235. The minimum absolute atomic E-state index is 0.0153. The van der Waals surface area contributed by atoms with Crippen LogP contribution in [0.4, 0.5) is 0 Å². The molecule has 0 radical (unpaired) electrons. The fourth-order valence-electron chi connectivity index (χ4n) is 2.75. The van der Waals surface area contributed by atoms with Crippen LogP contribution in [0.25, 0.3) is 11.1 Å². The largest absolute Gasteiger partial charge is 0.395 e. The zero-order valence-electron chi connectivity index (χ0n) is 11.5. The monoisotopic (exact) mass is 267 g/mol. The summed E-state index contributed by atoms with van der Waals surface area (Å²) in [6.45, 7) is 0.342. The lowest BCUT2D eigenvalue weighted by Gasteiger charge is -2.16. The first kappa shape index (κ1) is 12.9. The number of hydrogen-bond acceptors (Lipinski definition) is 2. The molecular weight excluding hydrogens is 250 g/mol. The molecular formula is C17H17NO2. The summed E-state index contributed by atoms with van der Waals surface area (Å²) in [5.74, 6) is -0.0437. The van der Waals surface area contributed by atoms with Crippen molar-refractivity contribution in [3.63, 3.8) is 0 Å². The van der Waals surface area contributed by atoms with E-state index in [1.54, 1.807) is 11.9 Å². The van der Waals surface area contributed by atoms with Gasteiger partial charge in [-0.25, -0.2) is 0 Å². The molecule has 2 aromatic rings. The number of carbonyl (C=O) groups excluding carboxylic acids is 1. The van der Waals surface area contributed by atoms with E-state index in [4.69, 9.17) is 5.11 Å². The van der Waals surface area contributed by atoms with E-state index in [0.29, 0.717) is 12.1 Å². The maximum Gasteiger partial charge on any atom is 0.253 e. The second-order valence-electron chi connectivity index (χ2n) is 5.16. The fourth-order valence-corrected chi connectivity index (χ4v) is 2.75. The van der Waals surface area contributed by atoms with Gasteiger partial charge in [-0.15, -0.1) is 0 Å². The van der Waals surface area contributed by atoms with Crippen LogP contribution in [0.3, 0.4) is 0 Å². The van der Waals surface area contributed by atoms with E-state index >= 15 is 0 Å². The minimum Gasteiger partial charge on any atom is -0.395 e. The second kappa shape index (κ2) is 5.10. The highest BCUT2D eigenvalue weighted by Gasteiger charge is 2.20. The zero-order valence-corrected chi connectivity index (χ0v) is 11.5. The summed E-state index contributed by atoms with van der Waals surface area (Å²) < 4.78 is 0. The summed E-state index contributed by atoms with van der Waals surface area (Å²) >= 11 is 0. The number of aliphatic hydroxyl groups excluding tert-OH is 1. The van der Waals surface area contributed by atoms with E-state index in [9.17, 15) is 4.79 Å². The Morgan fingerprint density at radius 2 is 1.90 bits per heavy atom. The highest BCUT2D eigenvalue weighted by molar-refractivity contribution is 5.95. The molecule has 1 aliphatic rings. The average molecular weight is 267 g/mol. The van der Waals surface area contributed by atoms with Crippen molar-refractivity contribution in [1.82, 2.24) is 4.90 Å². The molecule has 0 aliphatic heterocycles. The van der Waals surface area contributed by atoms with Gasteiger partial charge in [-0.3, -0.25) is 4.79 Å². The predicted octanol–water partition coefficient (Wildman–Crippen LogP) is 2.32. The third-order valence-corrected chi connectivity index (χ3v) is 3.82. The molecule has 0 saturated heterocycles. The van der Waals surface area contributed by atoms with Crippen molar-refractivity contribution >= 4 is 5.91 Å². The van der Waals surface area contributed by atoms with Gasteiger partial charge in [0, 0.05) is 19.2 Å². The zero-order chi connectivity index (χ0) is 14.1. The van der Waals surface area contributed by atoms with Gasteiger partial charge in [0.2, 0.25) is 0 Å². The van der Waals surface area contributed by atoms with Gasteiger partial charge in [0.25, 0.3) is 5.91 Å². The number of fused-ring (bicyclic) bond motifs is 3. The van der Waals surface area contributed by atoms with Crippen molar-refractivity contribution in [2.24, 2.45) is 0 Å². The lowest BCUT2D eigenvalue weighted by Crippen LogP contribution is -2.29. The molecule has 0 fully saturated rings. The van der Waals surface area contributed by atoms with Crippen LogP contribution in [0.15, 0.2) is 42.5 Å². The summed E-state index contributed by atoms with van der Waals surface area (Å²) in [6.07, 6.45) is 0.885. The van der Waals surface area contributed by atoms with E-state index in [-0.39, 0.29) is 12.5 Å². The van der Waals surface area contributed by atoms with Crippen LogP contribution in [-0.2, 0) is 6.42 Å². The number of nitrogens with zero attached hydrogens (tertiary/aromatic N) is 1. The van der Waals surface area contributed by atoms with Gasteiger partial charge >= 0.3 is 0 Å². The third kappa shape index (κ3) is 2.10. The first-order valence-corrected chi connectivity index (χ1v) is 6.78. The molecule has 0 spiro atoms. The Hall–Kier alpha value is -2.13. The maximum absolute atomic E-state index is 12.2. The molecule has 0 unspecified atom stereocenters. The Morgan fingerprint density at radius 3 is 2.70 bits per heavy atom. The molecule has 0 heterocycles. The van der Waals surface area contributed by atoms with Crippen molar-refractivity contribution in [1.29, 1.82) is 0 Å². The molecule has 0 saturated carbocycles. The van der Waals surface area contributed by atoms with Crippen molar-refractivity contribution in [2.45, 2.75) is 6.42 Å². The average Bonchev–Trinajstić information content (AvgIpc) is 2.84. The normalized spacial score (nSPS) is 11.9. The molecule has 1 aliphatic carbocycles. The first-order valence-electron chi connectivity index (χ1n) is 6.78. The van der Waals surface area contributed by atoms with Gasteiger partial charge in [-0.1, -0.05) is 30.3 Å². The number of benzene rings is 2. The van der Waals surface area contributed by atoms with Crippen LogP contribution < -0.4 is 0 Å². The first-order chi connectivity index (χ1) is 9.70. The van der Waals surface area contributed by atoms with Gasteiger partial charge in [0.15, 0.2) is 0 Å². The Bertz CT molecular complexity index is 664. The van der Waals surface area contributed by atoms with Crippen LogP contribution in [0.5, 0.6) is 0 Å². The number of hydrogen-bond donors (Lipinski definition) is 1. The van der Waals surface area contributed by atoms with Crippen LogP contribution in [0, 0.1) is 0 Å². The van der Waals surface area contributed by atoms with Crippen LogP contribution in [-0.4, -0.2) is 36.1 Å². The molecule has 3 heteroatoms. The van der Waals surface area contributed by atoms with Crippen molar-refractivity contribution in [2.75, 3.05) is 20.2 Å². The molecule has 0 atom stereocenters. The molecule has 0 aromatic heterocycles. The third-order valence-electron chi connectivity index (χ3n) is 3.82. The van der Waals surface area contributed by atoms with Crippen LogP contribution in [0.2, 0.25) is 0 Å². The summed E-state index contributed by atoms with van der Waals surface area (Å²) in [5.41, 5.74) is 5.70. The molecule has 20 heavy (non-hydrogen) atoms. The Kier molecular flexibility index (Phi) is 3.28. The van der Waals surface area contributed by atoms with E-state index in [1.807, 2.05) is 30.3 Å². The number of carbonyl (C=O) groups is 1. The van der Waals surface area contributed by atoms with Gasteiger partial charge in [0.1, 0.15) is 0 Å². The standard InChI is InChI=1S/C17H17NO2/c1-18(8-9-19)17(20)13-6-7-16-14(11-13)10-12-4-2-3-5-15(12)16/h2-7,11,19H,8-10H2,1H3. The van der Waals surface area contributed by atoms with Crippen molar-refractivity contribution < 1.29 is 9.90 Å². The molecule has 102 valence electrons. The quantitative estimate of drug-likeness (QED) is 0.791. The second-order valence-corrected chi connectivity index (χ2v) is 5.16. The van der Waals surface area contributed by atoms with Gasteiger partial charge in [0.05, 0.1) is 6.61 Å². The summed E-state index contributed by atoms with van der Waals surface area (Å²) in [4.78, 5) is 13.8. The number of amides is 1. The van der Waals surface area contributed by atoms with Crippen molar-refractivity contribution in [3.05, 3.63) is 59.2 Å². The SMILES string of the molecule is CN(CCO)C(=O)c1ccc2c(c1)Cc1ccccc1-2. The van der Waals surface area contributed by atoms with E-state index in [2.05, 4.69) is 12.1 Å². The molecule has 2 aromatic carbocycles. The lowest BCUT2D eigenvalue weighted by atomic mass is 10.0. The number of rotatable bonds is 3. The number of aliphatic hydroxyl groups is 1. The highest BCUT2D eigenvalue weighted by Crippen LogP contribution is 2.36. The van der Waals surface area contributed by atoms with Gasteiger partial charge in [-0.05, 0) is 40.8 Å². The maximum atomic E-state index is 12.2.